The normalized spacial score (nSPS) is 14.8. The number of aliphatic imine (C=N–C) groups is 1. The van der Waals surface area contributed by atoms with Gasteiger partial charge < -0.3 is 10.6 Å². The third-order valence-electron chi connectivity index (χ3n) is 2.01. The molecule has 0 aromatic rings. The van der Waals surface area contributed by atoms with Gasteiger partial charge in [-0.2, -0.15) is 0 Å². The molecule has 0 bridgehead atoms. The van der Waals surface area contributed by atoms with Crippen LogP contribution in [-0.4, -0.2) is 12.8 Å². The van der Waals surface area contributed by atoms with Crippen molar-refractivity contribution in [2.75, 3.05) is 6.54 Å². The zero-order valence-electron chi connectivity index (χ0n) is 8.84. The fourth-order valence-corrected chi connectivity index (χ4v) is 1.21. The van der Waals surface area contributed by atoms with E-state index in [4.69, 9.17) is 0 Å². The van der Waals surface area contributed by atoms with E-state index >= 15 is 0 Å². The number of nitrogens with one attached hydrogen (secondary N) is 2. The average molecular weight is 193 g/mol. The molecule has 3 nitrogen and oxygen atoms in total. The highest BCUT2D eigenvalue weighted by Gasteiger charge is 1.98. The van der Waals surface area contributed by atoms with Crippen molar-refractivity contribution in [1.29, 1.82) is 0 Å². The maximum atomic E-state index is 4.22. The number of unbranched alkanes of at least 4 members (excludes halogenated alkanes) is 1. The van der Waals surface area contributed by atoms with E-state index in [0.29, 0.717) is 0 Å². The summed E-state index contributed by atoms with van der Waals surface area (Å²) in [7, 11) is 0. The fourth-order valence-electron chi connectivity index (χ4n) is 1.21. The van der Waals surface area contributed by atoms with E-state index in [0.717, 1.165) is 31.0 Å². The van der Waals surface area contributed by atoms with Gasteiger partial charge >= 0.3 is 0 Å². The summed E-state index contributed by atoms with van der Waals surface area (Å²) < 4.78 is 0. The first-order chi connectivity index (χ1) is 6.83. The van der Waals surface area contributed by atoms with Crippen molar-refractivity contribution in [3.8, 4) is 0 Å². The van der Waals surface area contributed by atoms with Crippen LogP contribution in [0.1, 0.15) is 32.6 Å². The van der Waals surface area contributed by atoms with Crippen molar-refractivity contribution in [3.05, 3.63) is 24.3 Å². The number of allylic oxidation sites excluding steroid dienone is 1. The Bertz CT molecular complexity index is 241. The maximum absolute atomic E-state index is 4.22. The molecule has 0 aliphatic carbocycles. The molecule has 3 heteroatoms. The molecule has 0 unspecified atom stereocenters. The lowest BCUT2D eigenvalue weighted by Crippen LogP contribution is -2.25. The molecule has 78 valence electrons. The van der Waals surface area contributed by atoms with Crippen LogP contribution in [0.25, 0.3) is 0 Å². The predicted octanol–water partition coefficient (Wildman–Crippen LogP) is 2.14. The van der Waals surface area contributed by atoms with Crippen LogP contribution in [0.2, 0.25) is 0 Å². The number of hydrogen-bond donors (Lipinski definition) is 2. The smallest absolute Gasteiger partial charge is 0.126 e. The summed E-state index contributed by atoms with van der Waals surface area (Å²) in [6.45, 7) is 7.03. The topological polar surface area (TPSA) is 36.4 Å². The van der Waals surface area contributed by atoms with Crippen LogP contribution in [0.15, 0.2) is 29.3 Å². The van der Waals surface area contributed by atoms with Gasteiger partial charge in [0.2, 0.25) is 0 Å². The number of nitrogens with zero attached hydrogens (tertiary/aromatic N) is 1. The van der Waals surface area contributed by atoms with Crippen LogP contribution >= 0.6 is 0 Å². The quantitative estimate of drug-likeness (QED) is 0.634. The second-order valence-corrected chi connectivity index (χ2v) is 3.36. The third-order valence-corrected chi connectivity index (χ3v) is 2.01. The van der Waals surface area contributed by atoms with Gasteiger partial charge in [0.1, 0.15) is 5.82 Å². The lowest BCUT2D eigenvalue weighted by Gasteiger charge is -2.13. The monoisotopic (exact) mass is 193 g/mol. The predicted molar refractivity (Wildman–Crippen MR) is 61.0 cm³/mol. The summed E-state index contributed by atoms with van der Waals surface area (Å²) >= 11 is 0. The molecule has 0 saturated carbocycles. The second kappa shape index (κ2) is 6.24. The molecule has 1 aliphatic rings. The van der Waals surface area contributed by atoms with Gasteiger partial charge in [0.25, 0.3) is 0 Å². The van der Waals surface area contributed by atoms with E-state index < -0.39 is 0 Å². The Labute approximate surface area is 86.0 Å². The van der Waals surface area contributed by atoms with Crippen molar-refractivity contribution in [2.24, 2.45) is 4.99 Å². The van der Waals surface area contributed by atoms with Crippen molar-refractivity contribution >= 4 is 6.21 Å². The molecule has 2 N–H and O–H groups in total. The lowest BCUT2D eigenvalue weighted by molar-refractivity contribution is 0.676. The highest BCUT2D eigenvalue weighted by molar-refractivity contribution is 5.60. The Hall–Kier alpha value is -1.25. The first-order valence-electron chi connectivity index (χ1n) is 5.25. The van der Waals surface area contributed by atoms with E-state index in [1.54, 1.807) is 0 Å². The highest BCUT2D eigenvalue weighted by Crippen LogP contribution is 2.03. The molecule has 14 heavy (non-hydrogen) atoms. The molecule has 1 rings (SSSR count). The van der Waals surface area contributed by atoms with Crippen LogP contribution in [0, 0.1) is 0 Å². The van der Waals surface area contributed by atoms with Gasteiger partial charge in [-0.15, -0.1) is 0 Å². The zero-order valence-corrected chi connectivity index (χ0v) is 8.84. The average Bonchev–Trinajstić information content (AvgIpc) is 2.20. The standard InChI is InChI=1S/C11H19N3/c1-3-4-8-12-10(2)14-11-7-5-6-9-13-11/h7,9,12,14H,2-6,8H2,1H3. The van der Waals surface area contributed by atoms with Crippen LogP contribution < -0.4 is 10.6 Å². The molecular formula is C11H19N3. The molecule has 0 atom stereocenters. The van der Waals surface area contributed by atoms with E-state index in [1.165, 1.54) is 12.8 Å². The minimum atomic E-state index is 0.837. The SMILES string of the molecule is C=C(NCCCC)NC1=CCCC=N1. The Balaban J connectivity index is 2.19. The van der Waals surface area contributed by atoms with Crippen LogP contribution in [-0.2, 0) is 0 Å². The van der Waals surface area contributed by atoms with Crippen molar-refractivity contribution < 1.29 is 0 Å². The second-order valence-electron chi connectivity index (χ2n) is 3.36. The van der Waals surface area contributed by atoms with Crippen LogP contribution in [0.3, 0.4) is 0 Å². The van der Waals surface area contributed by atoms with E-state index in [-0.39, 0.29) is 0 Å². The Morgan fingerprint density at radius 2 is 2.43 bits per heavy atom. The molecule has 0 radical (unpaired) electrons. The largest absolute Gasteiger partial charge is 0.372 e. The third kappa shape index (κ3) is 4.12. The first-order valence-corrected chi connectivity index (χ1v) is 5.25. The Morgan fingerprint density at radius 3 is 3.07 bits per heavy atom. The minimum Gasteiger partial charge on any atom is -0.372 e. The first kappa shape index (κ1) is 10.8. The Morgan fingerprint density at radius 1 is 1.57 bits per heavy atom. The van der Waals surface area contributed by atoms with Crippen LogP contribution in [0.4, 0.5) is 0 Å². The van der Waals surface area contributed by atoms with Crippen molar-refractivity contribution in [1.82, 2.24) is 10.6 Å². The van der Waals surface area contributed by atoms with Gasteiger partial charge in [-0.05, 0) is 25.3 Å². The van der Waals surface area contributed by atoms with Gasteiger partial charge in [0, 0.05) is 12.8 Å². The molecule has 0 aromatic carbocycles. The number of hydrogen-bond acceptors (Lipinski definition) is 3. The van der Waals surface area contributed by atoms with E-state index in [2.05, 4.69) is 35.2 Å². The molecule has 0 spiro atoms. The van der Waals surface area contributed by atoms with E-state index in [9.17, 15) is 0 Å². The summed E-state index contributed by atoms with van der Waals surface area (Å²) in [5, 5.41) is 6.35. The summed E-state index contributed by atoms with van der Waals surface area (Å²) in [5.74, 6) is 1.74. The lowest BCUT2D eigenvalue weighted by atomic mass is 10.3. The summed E-state index contributed by atoms with van der Waals surface area (Å²) in [6, 6.07) is 0. The molecule has 0 amide bonds. The summed E-state index contributed by atoms with van der Waals surface area (Å²) in [5.41, 5.74) is 0. The van der Waals surface area contributed by atoms with Gasteiger partial charge in [-0.3, -0.25) is 0 Å². The Kier molecular flexibility index (Phi) is 4.83. The maximum Gasteiger partial charge on any atom is 0.126 e. The fraction of sp³-hybridized carbons (Fsp3) is 0.545. The van der Waals surface area contributed by atoms with Crippen molar-refractivity contribution in [2.45, 2.75) is 32.6 Å². The van der Waals surface area contributed by atoms with E-state index in [1.807, 2.05) is 6.21 Å². The van der Waals surface area contributed by atoms with Gasteiger partial charge in [-0.1, -0.05) is 19.9 Å². The molecule has 0 fully saturated rings. The molecule has 0 aromatic heterocycles. The molecule has 1 heterocycles. The summed E-state index contributed by atoms with van der Waals surface area (Å²) in [6.07, 6.45) is 8.49. The minimum absolute atomic E-state index is 0.837. The molecule has 1 aliphatic heterocycles. The summed E-state index contributed by atoms with van der Waals surface area (Å²) in [4.78, 5) is 4.22. The molecular weight excluding hydrogens is 174 g/mol. The zero-order chi connectivity index (χ0) is 10.2. The molecule has 0 saturated heterocycles. The van der Waals surface area contributed by atoms with Gasteiger partial charge in [0.05, 0.1) is 5.82 Å². The highest BCUT2D eigenvalue weighted by atomic mass is 15.1. The van der Waals surface area contributed by atoms with Gasteiger partial charge in [-0.25, -0.2) is 4.99 Å². The van der Waals surface area contributed by atoms with Crippen molar-refractivity contribution in [3.63, 3.8) is 0 Å². The van der Waals surface area contributed by atoms with Crippen LogP contribution in [0.5, 0.6) is 0 Å². The van der Waals surface area contributed by atoms with Gasteiger partial charge in [0.15, 0.2) is 0 Å². The number of rotatable bonds is 6.